The van der Waals surface area contributed by atoms with Crippen molar-refractivity contribution in [3.05, 3.63) is 83.0 Å². The maximum absolute atomic E-state index is 13.2. The van der Waals surface area contributed by atoms with Gasteiger partial charge in [-0.1, -0.05) is 47.6 Å². The smallest absolute Gasteiger partial charge is 0.261 e. The number of fused-ring (bicyclic) bond motifs is 2. The van der Waals surface area contributed by atoms with Crippen molar-refractivity contribution >= 4 is 40.9 Å². The molecule has 0 unspecified atom stereocenters. The first kappa shape index (κ1) is 21.4. The highest BCUT2D eigenvalue weighted by Crippen LogP contribution is 2.40. The van der Waals surface area contributed by atoms with E-state index in [1.807, 2.05) is 48.5 Å². The predicted molar refractivity (Wildman–Crippen MR) is 124 cm³/mol. The van der Waals surface area contributed by atoms with Crippen LogP contribution in [0.2, 0.25) is 5.02 Å². The van der Waals surface area contributed by atoms with Crippen molar-refractivity contribution in [2.45, 2.75) is 29.2 Å². The second-order valence-electron chi connectivity index (χ2n) is 7.21. The summed E-state index contributed by atoms with van der Waals surface area (Å²) >= 11 is 7.39. The summed E-state index contributed by atoms with van der Waals surface area (Å²) in [7, 11) is 0. The van der Waals surface area contributed by atoms with Crippen molar-refractivity contribution < 1.29 is 9.59 Å². The Morgan fingerprint density at radius 3 is 2.71 bits per heavy atom. The van der Waals surface area contributed by atoms with Crippen LogP contribution in [0.4, 0.5) is 5.69 Å². The number of hydrogen-bond donors (Lipinski definition) is 1. The van der Waals surface area contributed by atoms with E-state index in [0.29, 0.717) is 41.5 Å². The minimum atomic E-state index is -0.0799. The van der Waals surface area contributed by atoms with E-state index in [1.165, 1.54) is 11.8 Å². The average Bonchev–Trinajstić information content (AvgIpc) is 2.90. The van der Waals surface area contributed by atoms with Crippen molar-refractivity contribution in [2.75, 3.05) is 18.0 Å². The van der Waals surface area contributed by atoms with Gasteiger partial charge in [-0.05, 0) is 54.8 Å². The van der Waals surface area contributed by atoms with Crippen molar-refractivity contribution in [3.8, 4) is 0 Å². The Balaban J connectivity index is 1.34. The number of aromatic nitrogens is 1. The zero-order valence-corrected chi connectivity index (χ0v) is 18.5. The van der Waals surface area contributed by atoms with E-state index in [2.05, 4.69) is 10.3 Å². The minimum Gasteiger partial charge on any atom is -0.356 e. The monoisotopic (exact) mass is 451 g/mol. The normalized spacial score (nSPS) is 12.7. The highest BCUT2D eigenvalue weighted by molar-refractivity contribution is 7.99. The number of pyridine rings is 1. The van der Waals surface area contributed by atoms with Gasteiger partial charge in [-0.25, -0.2) is 4.98 Å². The molecule has 7 heteroatoms. The second kappa shape index (κ2) is 9.98. The number of rotatable bonds is 7. The number of nitrogens with one attached hydrogen (secondary N) is 1. The lowest BCUT2D eigenvalue weighted by Crippen LogP contribution is -2.33. The van der Waals surface area contributed by atoms with Crippen LogP contribution in [0, 0.1) is 0 Å². The molecule has 2 amide bonds. The van der Waals surface area contributed by atoms with E-state index in [9.17, 15) is 9.59 Å². The Kier molecular flexibility index (Phi) is 6.89. The van der Waals surface area contributed by atoms with Gasteiger partial charge in [0, 0.05) is 35.6 Å². The molecule has 31 heavy (non-hydrogen) atoms. The Bertz CT molecular complexity index is 1090. The minimum absolute atomic E-state index is 0.0130. The SMILES string of the molecule is O=C(CCCN1C(=O)c2cccnc2Sc2ccccc21)NCCc1ccc(Cl)cc1. The van der Waals surface area contributed by atoms with Crippen LogP contribution in [0.1, 0.15) is 28.8 Å². The average molecular weight is 452 g/mol. The Labute approximate surface area is 190 Å². The molecule has 158 valence electrons. The van der Waals surface area contributed by atoms with Gasteiger partial charge in [0.25, 0.3) is 5.91 Å². The number of amides is 2. The van der Waals surface area contributed by atoms with Crippen LogP contribution in [-0.4, -0.2) is 29.9 Å². The number of halogens is 1. The Morgan fingerprint density at radius 2 is 1.87 bits per heavy atom. The van der Waals surface area contributed by atoms with E-state index in [0.717, 1.165) is 22.6 Å². The summed E-state index contributed by atoms with van der Waals surface area (Å²) in [5.41, 5.74) is 2.58. The molecule has 1 aliphatic heterocycles. The standard InChI is InChI=1S/C24H22ClN3O2S/c25-18-11-9-17(10-12-18)13-15-26-22(29)8-4-16-28-20-6-1-2-7-21(20)31-23-19(24(28)30)5-3-14-27-23/h1-3,5-7,9-12,14H,4,8,13,15-16H2,(H,26,29). The molecule has 0 fully saturated rings. The molecule has 2 heterocycles. The lowest BCUT2D eigenvalue weighted by Gasteiger charge is -2.22. The van der Waals surface area contributed by atoms with Crippen LogP contribution in [0.25, 0.3) is 0 Å². The maximum atomic E-state index is 13.2. The second-order valence-corrected chi connectivity index (χ2v) is 8.68. The summed E-state index contributed by atoms with van der Waals surface area (Å²) < 4.78 is 0. The zero-order valence-electron chi connectivity index (χ0n) is 16.9. The Hall–Kier alpha value is -2.83. The molecule has 0 radical (unpaired) electrons. The molecule has 2 aromatic carbocycles. The fourth-order valence-electron chi connectivity index (χ4n) is 3.47. The summed E-state index contributed by atoms with van der Waals surface area (Å²) in [5.74, 6) is -0.0929. The summed E-state index contributed by atoms with van der Waals surface area (Å²) in [4.78, 5) is 32.6. The van der Waals surface area contributed by atoms with Crippen LogP contribution in [0.15, 0.2) is 76.8 Å². The maximum Gasteiger partial charge on any atom is 0.261 e. The van der Waals surface area contributed by atoms with Crippen LogP contribution < -0.4 is 10.2 Å². The first-order valence-corrected chi connectivity index (χ1v) is 11.4. The van der Waals surface area contributed by atoms with Crippen molar-refractivity contribution in [1.29, 1.82) is 0 Å². The first-order valence-electron chi connectivity index (χ1n) is 10.2. The van der Waals surface area contributed by atoms with Gasteiger partial charge in [-0.3, -0.25) is 9.59 Å². The highest BCUT2D eigenvalue weighted by atomic mass is 35.5. The lowest BCUT2D eigenvalue weighted by molar-refractivity contribution is -0.121. The molecule has 0 aliphatic carbocycles. The molecule has 0 spiro atoms. The quantitative estimate of drug-likeness (QED) is 0.550. The van der Waals surface area contributed by atoms with Gasteiger partial charge in [0.1, 0.15) is 5.03 Å². The number of carbonyl (C=O) groups excluding carboxylic acids is 2. The van der Waals surface area contributed by atoms with Crippen LogP contribution >= 0.6 is 23.4 Å². The highest BCUT2D eigenvalue weighted by Gasteiger charge is 2.27. The third-order valence-corrected chi connectivity index (χ3v) is 6.38. The zero-order chi connectivity index (χ0) is 21.6. The number of carbonyl (C=O) groups is 2. The Morgan fingerprint density at radius 1 is 1.06 bits per heavy atom. The molecule has 4 rings (SSSR count). The van der Waals surface area contributed by atoms with Crippen molar-refractivity contribution in [1.82, 2.24) is 10.3 Å². The fourth-order valence-corrected chi connectivity index (χ4v) is 4.61. The summed E-state index contributed by atoms with van der Waals surface area (Å²) in [5, 5.41) is 4.37. The molecule has 3 aromatic rings. The van der Waals surface area contributed by atoms with Crippen LogP contribution in [0.5, 0.6) is 0 Å². The third-order valence-electron chi connectivity index (χ3n) is 5.04. The molecule has 0 saturated carbocycles. The molecule has 0 atom stereocenters. The third kappa shape index (κ3) is 5.27. The van der Waals surface area contributed by atoms with Gasteiger partial charge in [0.15, 0.2) is 0 Å². The number of anilines is 1. The molecule has 5 nitrogen and oxygen atoms in total. The largest absolute Gasteiger partial charge is 0.356 e. The van der Waals surface area contributed by atoms with Crippen molar-refractivity contribution in [2.24, 2.45) is 0 Å². The molecular weight excluding hydrogens is 430 g/mol. The molecule has 0 bridgehead atoms. The number of para-hydroxylation sites is 1. The molecular formula is C24H22ClN3O2S. The number of hydrogen-bond acceptors (Lipinski definition) is 4. The van der Waals surface area contributed by atoms with Gasteiger partial charge in [0.05, 0.1) is 11.3 Å². The van der Waals surface area contributed by atoms with Gasteiger partial charge in [-0.15, -0.1) is 0 Å². The summed E-state index contributed by atoms with van der Waals surface area (Å²) in [6.07, 6.45) is 3.39. The van der Waals surface area contributed by atoms with E-state index < -0.39 is 0 Å². The molecule has 0 saturated heterocycles. The van der Waals surface area contributed by atoms with E-state index in [-0.39, 0.29) is 11.8 Å². The number of benzene rings is 2. The lowest BCUT2D eigenvalue weighted by atomic mass is 10.1. The van der Waals surface area contributed by atoms with Crippen molar-refractivity contribution in [3.63, 3.8) is 0 Å². The topological polar surface area (TPSA) is 62.3 Å². The molecule has 1 aliphatic rings. The summed E-state index contributed by atoms with van der Waals surface area (Å²) in [6.45, 7) is 1.04. The fraction of sp³-hybridized carbons (Fsp3) is 0.208. The van der Waals surface area contributed by atoms with Gasteiger partial charge < -0.3 is 10.2 Å². The van der Waals surface area contributed by atoms with Gasteiger partial charge >= 0.3 is 0 Å². The molecule has 1 aromatic heterocycles. The first-order chi connectivity index (χ1) is 15.1. The van der Waals surface area contributed by atoms with Crippen LogP contribution in [0.3, 0.4) is 0 Å². The summed E-state index contributed by atoms with van der Waals surface area (Å²) in [6, 6.07) is 19.0. The van der Waals surface area contributed by atoms with Crippen LogP contribution in [-0.2, 0) is 11.2 Å². The molecule has 1 N–H and O–H groups in total. The van der Waals surface area contributed by atoms with E-state index >= 15 is 0 Å². The predicted octanol–water partition coefficient (Wildman–Crippen LogP) is 4.99. The number of nitrogens with zero attached hydrogens (tertiary/aromatic N) is 2. The van der Waals surface area contributed by atoms with Gasteiger partial charge in [-0.2, -0.15) is 0 Å². The van der Waals surface area contributed by atoms with E-state index in [1.54, 1.807) is 23.2 Å². The van der Waals surface area contributed by atoms with Gasteiger partial charge in [0.2, 0.25) is 5.91 Å². The van der Waals surface area contributed by atoms with E-state index in [4.69, 9.17) is 11.6 Å².